The highest BCUT2D eigenvalue weighted by Crippen LogP contribution is 2.20. The largest absolute Gasteiger partial charge is 0.353 e. The van der Waals surface area contributed by atoms with E-state index in [1.807, 2.05) is 0 Å². The van der Waals surface area contributed by atoms with Crippen molar-refractivity contribution >= 4 is 21.6 Å². The molecule has 0 radical (unpaired) electrons. The number of rotatable bonds is 5. The molecule has 2 N–H and O–H groups in total. The van der Waals surface area contributed by atoms with Crippen LogP contribution < -0.4 is 10.0 Å². The highest BCUT2D eigenvalue weighted by molar-refractivity contribution is 7.92. The van der Waals surface area contributed by atoms with Gasteiger partial charge in [0.15, 0.2) is 0 Å². The number of carbonyl (C=O) groups is 1. The van der Waals surface area contributed by atoms with E-state index in [1.165, 1.54) is 18.2 Å². The molecule has 1 aliphatic rings. The Balaban J connectivity index is 2.03. The molecule has 19 heavy (non-hydrogen) atoms. The van der Waals surface area contributed by atoms with Gasteiger partial charge in [0.25, 0.3) is 0 Å². The van der Waals surface area contributed by atoms with E-state index < -0.39 is 15.8 Å². The first-order valence-electron chi connectivity index (χ1n) is 5.89. The fourth-order valence-electron chi connectivity index (χ4n) is 1.64. The van der Waals surface area contributed by atoms with Gasteiger partial charge in [-0.1, -0.05) is 6.07 Å². The van der Waals surface area contributed by atoms with Gasteiger partial charge >= 0.3 is 0 Å². The fraction of sp³-hybridized carbons (Fsp3) is 0.417. The Labute approximate surface area is 111 Å². The summed E-state index contributed by atoms with van der Waals surface area (Å²) in [6, 6.07) is 4.28. The van der Waals surface area contributed by atoms with Crippen LogP contribution in [0.2, 0.25) is 0 Å². The molecule has 1 aromatic carbocycles. The molecule has 0 spiro atoms. The molecule has 5 nitrogen and oxygen atoms in total. The number of hydrogen-bond acceptors (Lipinski definition) is 3. The molecular formula is C12H15FN2O3S. The normalized spacial score (nSPS) is 15.1. The molecule has 1 fully saturated rings. The van der Waals surface area contributed by atoms with Gasteiger partial charge in [-0.05, 0) is 30.5 Å². The van der Waals surface area contributed by atoms with E-state index >= 15 is 0 Å². The van der Waals surface area contributed by atoms with Crippen molar-refractivity contribution in [3.63, 3.8) is 0 Å². The van der Waals surface area contributed by atoms with Crippen molar-refractivity contribution in [1.29, 1.82) is 0 Å². The zero-order chi connectivity index (χ0) is 14.0. The third-order valence-corrected chi connectivity index (χ3v) is 3.23. The summed E-state index contributed by atoms with van der Waals surface area (Å²) in [6.07, 6.45) is 3.03. The molecule has 0 unspecified atom stereocenters. The van der Waals surface area contributed by atoms with Crippen LogP contribution in [0.25, 0.3) is 0 Å². The lowest BCUT2D eigenvalue weighted by Crippen LogP contribution is -2.27. The highest BCUT2D eigenvalue weighted by Gasteiger charge is 2.23. The van der Waals surface area contributed by atoms with E-state index in [-0.39, 0.29) is 24.1 Å². The van der Waals surface area contributed by atoms with Gasteiger partial charge in [0, 0.05) is 6.04 Å². The van der Waals surface area contributed by atoms with E-state index in [1.54, 1.807) is 0 Å². The maximum Gasteiger partial charge on any atom is 0.229 e. The van der Waals surface area contributed by atoms with Crippen LogP contribution in [0.3, 0.4) is 0 Å². The van der Waals surface area contributed by atoms with E-state index in [2.05, 4.69) is 10.0 Å². The van der Waals surface area contributed by atoms with Crippen LogP contribution in [-0.2, 0) is 21.2 Å². The van der Waals surface area contributed by atoms with Crippen LogP contribution in [0, 0.1) is 5.82 Å². The van der Waals surface area contributed by atoms with Crippen molar-refractivity contribution in [3.8, 4) is 0 Å². The molecule has 0 atom stereocenters. The highest BCUT2D eigenvalue weighted by atomic mass is 32.2. The van der Waals surface area contributed by atoms with Gasteiger partial charge in [-0.2, -0.15) is 0 Å². The van der Waals surface area contributed by atoms with Crippen molar-refractivity contribution in [2.24, 2.45) is 0 Å². The number of halogens is 1. The molecule has 0 saturated heterocycles. The van der Waals surface area contributed by atoms with Gasteiger partial charge in [0.2, 0.25) is 15.9 Å². The van der Waals surface area contributed by atoms with Gasteiger partial charge in [-0.15, -0.1) is 0 Å². The Bertz CT molecular complexity index is 597. The lowest BCUT2D eigenvalue weighted by Gasteiger charge is -2.08. The molecule has 1 amide bonds. The Hall–Kier alpha value is -1.63. The minimum atomic E-state index is -3.51. The van der Waals surface area contributed by atoms with E-state index in [9.17, 15) is 17.6 Å². The first kappa shape index (κ1) is 13.8. The topological polar surface area (TPSA) is 75.3 Å². The number of sulfonamides is 1. The summed E-state index contributed by atoms with van der Waals surface area (Å²) in [4.78, 5) is 11.5. The van der Waals surface area contributed by atoms with Gasteiger partial charge in [-0.25, -0.2) is 12.8 Å². The Morgan fingerprint density at radius 1 is 1.42 bits per heavy atom. The predicted octanol–water partition coefficient (Wildman–Crippen LogP) is 1.02. The molecule has 0 aromatic heterocycles. The molecule has 104 valence electrons. The first-order chi connectivity index (χ1) is 8.83. The van der Waals surface area contributed by atoms with Gasteiger partial charge in [0.05, 0.1) is 18.4 Å². The Kier molecular flexibility index (Phi) is 3.75. The summed E-state index contributed by atoms with van der Waals surface area (Å²) >= 11 is 0. The van der Waals surface area contributed by atoms with Crippen molar-refractivity contribution in [3.05, 3.63) is 29.6 Å². The van der Waals surface area contributed by atoms with E-state index in [4.69, 9.17) is 0 Å². The van der Waals surface area contributed by atoms with Crippen LogP contribution in [0.4, 0.5) is 10.1 Å². The van der Waals surface area contributed by atoms with Crippen LogP contribution in [-0.4, -0.2) is 26.6 Å². The lowest BCUT2D eigenvalue weighted by atomic mass is 10.1. The van der Waals surface area contributed by atoms with Crippen molar-refractivity contribution < 1.29 is 17.6 Å². The second-order valence-corrected chi connectivity index (χ2v) is 6.46. The predicted molar refractivity (Wildman–Crippen MR) is 69.7 cm³/mol. The van der Waals surface area contributed by atoms with Gasteiger partial charge in [0.1, 0.15) is 5.82 Å². The second-order valence-electron chi connectivity index (χ2n) is 4.71. The van der Waals surface area contributed by atoms with Crippen LogP contribution in [0.15, 0.2) is 18.2 Å². The third-order valence-electron chi connectivity index (χ3n) is 2.64. The number of nitrogens with one attached hydrogen (secondary N) is 2. The zero-order valence-electron chi connectivity index (χ0n) is 10.4. The van der Waals surface area contributed by atoms with E-state index in [0.717, 1.165) is 19.1 Å². The quantitative estimate of drug-likeness (QED) is 0.848. The Morgan fingerprint density at radius 3 is 2.63 bits per heavy atom. The average molecular weight is 286 g/mol. The molecule has 2 rings (SSSR count). The van der Waals surface area contributed by atoms with Gasteiger partial charge < -0.3 is 5.32 Å². The summed E-state index contributed by atoms with van der Waals surface area (Å²) in [6.45, 7) is 0. The molecular weight excluding hydrogens is 271 g/mol. The second kappa shape index (κ2) is 5.16. The SMILES string of the molecule is CS(=O)(=O)Nc1ccc(CC(=O)NC2CC2)cc1F. The van der Waals surface area contributed by atoms with Gasteiger partial charge in [-0.3, -0.25) is 9.52 Å². The summed E-state index contributed by atoms with van der Waals surface area (Å²) in [5, 5.41) is 2.80. The van der Waals surface area contributed by atoms with Crippen LogP contribution >= 0.6 is 0 Å². The summed E-state index contributed by atoms with van der Waals surface area (Å²) in [7, 11) is -3.51. The van der Waals surface area contributed by atoms with Crippen LogP contribution in [0.5, 0.6) is 0 Å². The molecule has 0 aliphatic heterocycles. The minimum absolute atomic E-state index is 0.0899. The number of hydrogen-bond donors (Lipinski definition) is 2. The standard InChI is InChI=1S/C12H15FN2O3S/c1-19(17,18)15-11-5-2-8(6-10(11)13)7-12(16)14-9-3-4-9/h2,5-6,9,15H,3-4,7H2,1H3,(H,14,16). The minimum Gasteiger partial charge on any atom is -0.353 e. The van der Waals surface area contributed by atoms with Crippen molar-refractivity contribution in [2.75, 3.05) is 11.0 Å². The molecule has 0 bridgehead atoms. The number of carbonyl (C=O) groups excluding carboxylic acids is 1. The molecule has 1 aliphatic carbocycles. The summed E-state index contributed by atoms with van der Waals surface area (Å²) in [5.41, 5.74) is 0.392. The van der Waals surface area contributed by atoms with Crippen molar-refractivity contribution in [1.82, 2.24) is 5.32 Å². The maximum absolute atomic E-state index is 13.6. The van der Waals surface area contributed by atoms with Crippen LogP contribution in [0.1, 0.15) is 18.4 Å². The number of amides is 1. The molecule has 7 heteroatoms. The maximum atomic E-state index is 13.6. The lowest BCUT2D eigenvalue weighted by molar-refractivity contribution is -0.120. The summed E-state index contributed by atoms with van der Waals surface area (Å²) in [5.74, 6) is -0.840. The monoisotopic (exact) mass is 286 g/mol. The molecule has 0 heterocycles. The third kappa shape index (κ3) is 4.51. The first-order valence-corrected chi connectivity index (χ1v) is 7.78. The Morgan fingerprint density at radius 2 is 2.11 bits per heavy atom. The number of anilines is 1. The molecule has 1 aromatic rings. The van der Waals surface area contributed by atoms with E-state index in [0.29, 0.717) is 5.56 Å². The zero-order valence-corrected chi connectivity index (χ0v) is 11.3. The fourth-order valence-corrected chi connectivity index (χ4v) is 2.21. The average Bonchev–Trinajstić information content (AvgIpc) is 3.04. The van der Waals surface area contributed by atoms with Crippen molar-refractivity contribution in [2.45, 2.75) is 25.3 Å². The number of benzene rings is 1. The smallest absolute Gasteiger partial charge is 0.229 e. The molecule has 1 saturated carbocycles. The summed E-state index contributed by atoms with van der Waals surface area (Å²) < 4.78 is 37.7.